The summed E-state index contributed by atoms with van der Waals surface area (Å²) in [6.45, 7) is 4.17. The van der Waals surface area contributed by atoms with Crippen LogP contribution < -0.4 is 10.2 Å². The number of halogens is 1. The predicted molar refractivity (Wildman–Crippen MR) is 96.2 cm³/mol. The number of nitrogens with zero attached hydrogens (tertiary/aromatic N) is 3. The molecule has 0 radical (unpaired) electrons. The first kappa shape index (κ1) is 16.7. The molecule has 3 rings (SSSR count). The number of amides is 1. The Labute approximate surface area is 147 Å². The molecule has 1 N–H and O–H groups in total. The zero-order chi connectivity index (χ0) is 16.8. The van der Waals surface area contributed by atoms with E-state index in [0.29, 0.717) is 13.1 Å². The first-order valence-electron chi connectivity index (χ1n) is 8.10. The maximum Gasteiger partial charge on any atom is 0.236 e. The van der Waals surface area contributed by atoms with E-state index in [0.717, 1.165) is 42.5 Å². The van der Waals surface area contributed by atoms with Crippen LogP contribution >= 0.6 is 11.6 Å². The zero-order valence-corrected chi connectivity index (χ0v) is 14.2. The predicted octanol–water partition coefficient (Wildman–Crippen LogP) is 2.17. The normalized spacial score (nSPS) is 14.7. The number of carbonyl (C=O) groups is 1. The van der Waals surface area contributed by atoms with E-state index >= 15 is 0 Å². The molecular formula is C18H21ClN4O. The van der Waals surface area contributed by atoms with Crippen LogP contribution in [0.15, 0.2) is 48.8 Å². The quantitative estimate of drug-likeness (QED) is 0.903. The van der Waals surface area contributed by atoms with Crippen LogP contribution in [-0.4, -0.2) is 48.5 Å². The van der Waals surface area contributed by atoms with Gasteiger partial charge in [-0.05, 0) is 35.9 Å². The van der Waals surface area contributed by atoms with Gasteiger partial charge in [0.1, 0.15) is 0 Å². The van der Waals surface area contributed by atoms with Crippen molar-refractivity contribution in [2.75, 3.05) is 37.6 Å². The lowest BCUT2D eigenvalue weighted by Gasteiger charge is -2.36. The second kappa shape index (κ2) is 8.13. The summed E-state index contributed by atoms with van der Waals surface area (Å²) in [7, 11) is 0. The molecule has 1 aromatic carbocycles. The summed E-state index contributed by atoms with van der Waals surface area (Å²) in [6, 6.07) is 11.7. The third kappa shape index (κ3) is 4.46. The first-order chi connectivity index (χ1) is 11.7. The number of benzene rings is 1. The largest absolute Gasteiger partial charge is 0.368 e. The zero-order valence-electron chi connectivity index (χ0n) is 13.5. The molecule has 6 heteroatoms. The lowest BCUT2D eigenvalue weighted by atomic mass is 10.2. The van der Waals surface area contributed by atoms with Gasteiger partial charge < -0.3 is 15.1 Å². The van der Waals surface area contributed by atoms with E-state index < -0.39 is 0 Å². The van der Waals surface area contributed by atoms with Gasteiger partial charge in [0.05, 0.1) is 6.54 Å². The number of aromatic nitrogens is 1. The highest BCUT2D eigenvalue weighted by Crippen LogP contribution is 2.20. The Morgan fingerprint density at radius 2 is 1.88 bits per heavy atom. The van der Waals surface area contributed by atoms with Gasteiger partial charge in [-0.1, -0.05) is 17.7 Å². The van der Waals surface area contributed by atoms with E-state index in [-0.39, 0.29) is 5.91 Å². The minimum Gasteiger partial charge on any atom is -0.368 e. The molecule has 1 amide bonds. The van der Waals surface area contributed by atoms with Crippen molar-refractivity contribution in [3.63, 3.8) is 0 Å². The highest BCUT2D eigenvalue weighted by molar-refractivity contribution is 6.30. The van der Waals surface area contributed by atoms with E-state index in [1.54, 1.807) is 12.4 Å². The van der Waals surface area contributed by atoms with Crippen LogP contribution in [0.5, 0.6) is 0 Å². The average molecular weight is 345 g/mol. The minimum absolute atomic E-state index is 0.148. The van der Waals surface area contributed by atoms with Crippen LogP contribution in [0.4, 0.5) is 5.69 Å². The minimum atomic E-state index is 0.148. The molecule has 0 spiro atoms. The Bertz CT molecular complexity index is 672. The third-order valence-electron chi connectivity index (χ3n) is 4.16. The van der Waals surface area contributed by atoms with Crippen molar-refractivity contribution in [1.82, 2.24) is 15.2 Å². The number of piperazine rings is 1. The number of rotatable bonds is 5. The van der Waals surface area contributed by atoms with Crippen molar-refractivity contribution >= 4 is 23.2 Å². The number of pyridine rings is 1. The van der Waals surface area contributed by atoms with E-state index in [1.165, 1.54) is 0 Å². The van der Waals surface area contributed by atoms with Gasteiger partial charge in [0.15, 0.2) is 0 Å². The number of hydrogen-bond acceptors (Lipinski definition) is 4. The van der Waals surface area contributed by atoms with E-state index in [9.17, 15) is 4.79 Å². The summed E-state index contributed by atoms with van der Waals surface area (Å²) in [5, 5.41) is 3.94. The molecule has 5 nitrogen and oxygen atoms in total. The summed E-state index contributed by atoms with van der Waals surface area (Å²) in [5.74, 6) is 0.148. The Kier molecular flexibility index (Phi) is 5.67. The van der Waals surface area contributed by atoms with Crippen LogP contribution in [0.2, 0.25) is 5.02 Å². The van der Waals surface area contributed by atoms with Gasteiger partial charge in [-0.25, -0.2) is 0 Å². The molecule has 126 valence electrons. The average Bonchev–Trinajstić information content (AvgIpc) is 2.63. The smallest absolute Gasteiger partial charge is 0.236 e. The molecule has 0 aliphatic carbocycles. The van der Waals surface area contributed by atoms with Gasteiger partial charge in [0, 0.05) is 55.8 Å². The standard InChI is InChI=1S/C18H21ClN4O/c19-16-2-1-3-17(12-16)22-8-10-23(11-9-22)18(24)14-21-13-15-4-6-20-7-5-15/h1-7,12,21H,8-11,13-14H2. The van der Waals surface area contributed by atoms with Gasteiger partial charge in [0.25, 0.3) is 0 Å². The van der Waals surface area contributed by atoms with E-state index in [4.69, 9.17) is 11.6 Å². The van der Waals surface area contributed by atoms with Gasteiger partial charge in [-0.15, -0.1) is 0 Å². The van der Waals surface area contributed by atoms with Crippen molar-refractivity contribution in [2.24, 2.45) is 0 Å². The lowest BCUT2D eigenvalue weighted by Crippen LogP contribution is -2.50. The van der Waals surface area contributed by atoms with Crippen molar-refractivity contribution in [1.29, 1.82) is 0 Å². The Balaban J connectivity index is 1.43. The summed E-state index contributed by atoms with van der Waals surface area (Å²) in [6.07, 6.45) is 3.52. The maximum atomic E-state index is 12.3. The van der Waals surface area contributed by atoms with Gasteiger partial charge in [0.2, 0.25) is 5.91 Å². The van der Waals surface area contributed by atoms with Gasteiger partial charge >= 0.3 is 0 Å². The highest BCUT2D eigenvalue weighted by Gasteiger charge is 2.20. The van der Waals surface area contributed by atoms with Gasteiger partial charge in [-0.3, -0.25) is 9.78 Å². The summed E-state index contributed by atoms with van der Waals surface area (Å²) < 4.78 is 0. The molecule has 1 saturated heterocycles. The summed E-state index contributed by atoms with van der Waals surface area (Å²) >= 11 is 6.05. The topological polar surface area (TPSA) is 48.5 Å². The maximum absolute atomic E-state index is 12.3. The van der Waals surface area contributed by atoms with Crippen LogP contribution in [-0.2, 0) is 11.3 Å². The van der Waals surface area contributed by atoms with Crippen LogP contribution in [0.3, 0.4) is 0 Å². The fourth-order valence-electron chi connectivity index (χ4n) is 2.81. The molecule has 2 aromatic rings. The highest BCUT2D eigenvalue weighted by atomic mass is 35.5. The molecule has 1 aliphatic rings. The molecule has 1 aliphatic heterocycles. The Hall–Kier alpha value is -2.11. The van der Waals surface area contributed by atoms with Crippen molar-refractivity contribution in [3.05, 3.63) is 59.4 Å². The second-order valence-electron chi connectivity index (χ2n) is 5.81. The Morgan fingerprint density at radius 3 is 2.58 bits per heavy atom. The number of carbonyl (C=O) groups excluding carboxylic acids is 1. The third-order valence-corrected chi connectivity index (χ3v) is 4.40. The molecule has 1 fully saturated rings. The fraction of sp³-hybridized carbons (Fsp3) is 0.333. The molecule has 24 heavy (non-hydrogen) atoms. The molecule has 2 heterocycles. The molecule has 0 bridgehead atoms. The van der Waals surface area contributed by atoms with Crippen LogP contribution in [0.25, 0.3) is 0 Å². The number of hydrogen-bond donors (Lipinski definition) is 1. The summed E-state index contributed by atoms with van der Waals surface area (Å²) in [4.78, 5) is 20.5. The molecule has 0 unspecified atom stereocenters. The second-order valence-corrected chi connectivity index (χ2v) is 6.24. The Morgan fingerprint density at radius 1 is 1.12 bits per heavy atom. The summed E-state index contributed by atoms with van der Waals surface area (Å²) in [5.41, 5.74) is 2.24. The van der Waals surface area contributed by atoms with Crippen molar-refractivity contribution in [3.8, 4) is 0 Å². The lowest BCUT2D eigenvalue weighted by molar-refractivity contribution is -0.130. The molecule has 0 atom stereocenters. The molecule has 1 aromatic heterocycles. The number of nitrogens with one attached hydrogen (secondary N) is 1. The van der Waals surface area contributed by atoms with Crippen molar-refractivity contribution in [2.45, 2.75) is 6.54 Å². The van der Waals surface area contributed by atoms with E-state index in [2.05, 4.69) is 21.3 Å². The SMILES string of the molecule is O=C(CNCc1ccncc1)N1CCN(c2cccc(Cl)c2)CC1. The van der Waals surface area contributed by atoms with Crippen LogP contribution in [0, 0.1) is 0 Å². The molecular weight excluding hydrogens is 324 g/mol. The monoisotopic (exact) mass is 344 g/mol. The van der Waals surface area contributed by atoms with Gasteiger partial charge in [-0.2, -0.15) is 0 Å². The fourth-order valence-corrected chi connectivity index (χ4v) is 3.00. The van der Waals surface area contributed by atoms with Crippen LogP contribution in [0.1, 0.15) is 5.56 Å². The molecule has 0 saturated carbocycles. The number of anilines is 1. The van der Waals surface area contributed by atoms with Crippen molar-refractivity contribution < 1.29 is 4.79 Å². The first-order valence-corrected chi connectivity index (χ1v) is 8.48. The van der Waals surface area contributed by atoms with E-state index in [1.807, 2.05) is 35.2 Å².